The highest BCUT2D eigenvalue weighted by molar-refractivity contribution is 5.76. The van der Waals surface area contributed by atoms with Gasteiger partial charge in [-0.1, -0.05) is 13.0 Å². The molecule has 0 saturated carbocycles. The molecule has 1 atom stereocenters. The molecule has 1 rings (SSSR count). The Morgan fingerprint density at radius 2 is 2.00 bits per heavy atom. The topological polar surface area (TPSA) is 37.3 Å². The van der Waals surface area contributed by atoms with Crippen molar-refractivity contribution in [3.05, 3.63) is 35.1 Å². The number of alkyl halides is 3. The Morgan fingerprint density at radius 3 is 2.35 bits per heavy atom. The highest BCUT2D eigenvalue weighted by Crippen LogP contribution is 2.32. The number of hydrogen-bond donors (Lipinski definition) is 1. The summed E-state index contributed by atoms with van der Waals surface area (Å²) in [5.41, 5.74) is -1.35. The van der Waals surface area contributed by atoms with E-state index in [1.165, 1.54) is 6.92 Å². The van der Waals surface area contributed by atoms with Gasteiger partial charge in [-0.3, -0.25) is 4.79 Å². The minimum Gasteiger partial charge on any atom is -0.481 e. The van der Waals surface area contributed by atoms with Gasteiger partial charge < -0.3 is 5.11 Å². The summed E-state index contributed by atoms with van der Waals surface area (Å²) in [6.45, 7) is 1.52. The van der Waals surface area contributed by atoms with Crippen LogP contribution in [0.5, 0.6) is 0 Å². The van der Waals surface area contributed by atoms with Crippen LogP contribution in [0, 0.1) is 5.82 Å². The Hall–Kier alpha value is -1.59. The van der Waals surface area contributed by atoms with Crippen molar-refractivity contribution in [3.8, 4) is 0 Å². The van der Waals surface area contributed by atoms with Gasteiger partial charge in [0.1, 0.15) is 5.82 Å². The zero-order chi connectivity index (χ0) is 13.2. The first-order valence-corrected chi connectivity index (χ1v) is 4.86. The molecule has 0 bridgehead atoms. The lowest BCUT2D eigenvalue weighted by atomic mass is 9.95. The second kappa shape index (κ2) is 4.73. The maximum absolute atomic E-state index is 13.4. The maximum Gasteiger partial charge on any atom is 0.416 e. The Balaban J connectivity index is 3.18. The van der Waals surface area contributed by atoms with Crippen molar-refractivity contribution in [2.24, 2.45) is 0 Å². The van der Waals surface area contributed by atoms with Gasteiger partial charge >= 0.3 is 12.1 Å². The molecule has 0 aliphatic heterocycles. The van der Waals surface area contributed by atoms with Crippen LogP contribution < -0.4 is 0 Å². The predicted molar refractivity (Wildman–Crippen MR) is 52.1 cm³/mol. The van der Waals surface area contributed by atoms with Gasteiger partial charge in [0.2, 0.25) is 0 Å². The molecule has 0 heterocycles. The molecule has 0 aliphatic carbocycles. The van der Waals surface area contributed by atoms with E-state index < -0.39 is 29.4 Å². The number of halogens is 4. The number of benzene rings is 1. The summed E-state index contributed by atoms with van der Waals surface area (Å²) >= 11 is 0. The predicted octanol–water partition coefficient (Wildman–Crippen LogP) is 3.42. The first-order valence-electron chi connectivity index (χ1n) is 4.86. The second-order valence-corrected chi connectivity index (χ2v) is 3.53. The van der Waals surface area contributed by atoms with Crippen LogP contribution in [0.4, 0.5) is 17.6 Å². The molecule has 1 aromatic carbocycles. The van der Waals surface area contributed by atoms with Gasteiger partial charge in [-0.2, -0.15) is 13.2 Å². The number of rotatable bonds is 3. The number of hydrogen-bond acceptors (Lipinski definition) is 1. The minimum atomic E-state index is -4.63. The Bertz CT molecular complexity index is 426. The third kappa shape index (κ3) is 2.95. The quantitative estimate of drug-likeness (QED) is 0.834. The van der Waals surface area contributed by atoms with Gasteiger partial charge in [-0.05, 0) is 18.6 Å². The molecular formula is C11H10F4O2. The van der Waals surface area contributed by atoms with E-state index in [-0.39, 0.29) is 12.0 Å². The van der Waals surface area contributed by atoms with E-state index in [1.54, 1.807) is 0 Å². The molecule has 0 aliphatic rings. The van der Waals surface area contributed by atoms with Crippen molar-refractivity contribution in [2.75, 3.05) is 0 Å². The summed E-state index contributed by atoms with van der Waals surface area (Å²) in [4.78, 5) is 10.8. The van der Waals surface area contributed by atoms with E-state index in [4.69, 9.17) is 5.11 Å². The lowest BCUT2D eigenvalue weighted by Gasteiger charge is -2.13. The summed E-state index contributed by atoms with van der Waals surface area (Å²) in [7, 11) is 0. The Morgan fingerprint density at radius 1 is 1.41 bits per heavy atom. The average Bonchev–Trinajstić information content (AvgIpc) is 2.19. The Kier molecular flexibility index (Phi) is 3.75. The zero-order valence-corrected chi connectivity index (χ0v) is 8.88. The first kappa shape index (κ1) is 13.5. The molecule has 0 amide bonds. The zero-order valence-electron chi connectivity index (χ0n) is 8.88. The summed E-state index contributed by atoms with van der Waals surface area (Å²) < 4.78 is 50.2. The van der Waals surface area contributed by atoms with E-state index >= 15 is 0 Å². The minimum absolute atomic E-state index is 0.109. The summed E-state index contributed by atoms with van der Waals surface area (Å²) in [5.74, 6) is -3.53. The van der Waals surface area contributed by atoms with Gasteiger partial charge in [0.05, 0.1) is 11.5 Å². The lowest BCUT2D eigenvalue weighted by molar-refractivity contribution is -0.139. The van der Waals surface area contributed by atoms with Crippen molar-refractivity contribution >= 4 is 5.97 Å². The van der Waals surface area contributed by atoms with E-state index in [0.29, 0.717) is 12.1 Å². The standard InChI is InChI=1S/C11H10F4O2/c1-2-7(10(16)17)8-4-3-6(5-9(8)12)11(13,14)15/h3-5,7H,2H2,1H3,(H,16,17). The fraction of sp³-hybridized carbons (Fsp3) is 0.364. The third-order valence-electron chi connectivity index (χ3n) is 2.41. The molecule has 0 fully saturated rings. The van der Waals surface area contributed by atoms with Crippen LogP contribution in [0.15, 0.2) is 18.2 Å². The van der Waals surface area contributed by atoms with Crippen molar-refractivity contribution in [1.82, 2.24) is 0 Å². The molecule has 6 heteroatoms. The second-order valence-electron chi connectivity index (χ2n) is 3.53. The number of carboxylic acid groups (broad SMARTS) is 1. The van der Waals surface area contributed by atoms with Crippen LogP contribution in [0.3, 0.4) is 0 Å². The summed E-state index contributed by atoms with van der Waals surface area (Å²) in [6, 6.07) is 1.88. The molecule has 0 saturated heterocycles. The molecule has 0 radical (unpaired) electrons. The van der Waals surface area contributed by atoms with Crippen LogP contribution in [0.25, 0.3) is 0 Å². The molecule has 0 spiro atoms. The fourth-order valence-electron chi connectivity index (χ4n) is 1.51. The largest absolute Gasteiger partial charge is 0.481 e. The number of carboxylic acids is 1. The normalized spacial score (nSPS) is 13.5. The van der Waals surface area contributed by atoms with Crippen LogP contribution in [0.2, 0.25) is 0 Å². The van der Waals surface area contributed by atoms with Crippen LogP contribution in [-0.2, 0) is 11.0 Å². The molecule has 94 valence electrons. The lowest BCUT2D eigenvalue weighted by Crippen LogP contribution is -2.13. The molecule has 0 aromatic heterocycles. The van der Waals surface area contributed by atoms with Crippen LogP contribution in [-0.4, -0.2) is 11.1 Å². The van der Waals surface area contributed by atoms with E-state index in [1.807, 2.05) is 0 Å². The summed E-state index contributed by atoms with van der Waals surface area (Å²) in [5, 5.41) is 8.79. The van der Waals surface area contributed by atoms with Crippen molar-refractivity contribution in [2.45, 2.75) is 25.4 Å². The maximum atomic E-state index is 13.4. The molecule has 1 unspecified atom stereocenters. The van der Waals surface area contributed by atoms with Gasteiger partial charge in [0, 0.05) is 5.56 Å². The third-order valence-corrected chi connectivity index (χ3v) is 2.41. The highest BCUT2D eigenvalue weighted by atomic mass is 19.4. The molecule has 2 nitrogen and oxygen atoms in total. The average molecular weight is 250 g/mol. The molecular weight excluding hydrogens is 240 g/mol. The van der Waals surface area contributed by atoms with E-state index in [2.05, 4.69) is 0 Å². The van der Waals surface area contributed by atoms with Crippen molar-refractivity contribution < 1.29 is 27.5 Å². The molecule has 17 heavy (non-hydrogen) atoms. The molecule has 1 aromatic rings. The van der Waals surface area contributed by atoms with Crippen LogP contribution >= 0.6 is 0 Å². The summed E-state index contributed by atoms with van der Waals surface area (Å²) in [6.07, 6.45) is -4.53. The van der Waals surface area contributed by atoms with Gasteiger partial charge in [-0.15, -0.1) is 0 Å². The van der Waals surface area contributed by atoms with Crippen LogP contribution in [0.1, 0.15) is 30.4 Å². The van der Waals surface area contributed by atoms with Gasteiger partial charge in [0.15, 0.2) is 0 Å². The number of aliphatic carboxylic acids is 1. The highest BCUT2D eigenvalue weighted by Gasteiger charge is 2.32. The fourth-order valence-corrected chi connectivity index (χ4v) is 1.51. The van der Waals surface area contributed by atoms with E-state index in [0.717, 1.165) is 6.07 Å². The van der Waals surface area contributed by atoms with Crippen molar-refractivity contribution in [1.29, 1.82) is 0 Å². The monoisotopic (exact) mass is 250 g/mol. The van der Waals surface area contributed by atoms with Crippen molar-refractivity contribution in [3.63, 3.8) is 0 Å². The Labute approximate surface area is 94.9 Å². The van der Waals surface area contributed by atoms with E-state index in [9.17, 15) is 22.4 Å². The SMILES string of the molecule is CCC(C(=O)O)c1ccc(C(F)(F)F)cc1F. The van der Waals surface area contributed by atoms with Gasteiger partial charge in [0.25, 0.3) is 0 Å². The smallest absolute Gasteiger partial charge is 0.416 e. The number of carbonyl (C=O) groups is 1. The van der Waals surface area contributed by atoms with Gasteiger partial charge in [-0.25, -0.2) is 4.39 Å². The first-order chi connectivity index (χ1) is 7.77. The molecule has 1 N–H and O–H groups in total.